The lowest BCUT2D eigenvalue weighted by molar-refractivity contribution is -0.0819. The van der Waals surface area contributed by atoms with Crippen LogP contribution >= 0.6 is 0 Å². The average molecular weight is 263 g/mol. The molecule has 1 N–H and O–H groups in total. The molecule has 1 saturated carbocycles. The Kier molecular flexibility index (Phi) is 3.94. The second-order valence-corrected chi connectivity index (χ2v) is 5.33. The van der Waals surface area contributed by atoms with E-state index in [9.17, 15) is 0 Å². The van der Waals surface area contributed by atoms with Gasteiger partial charge in [0.15, 0.2) is 0 Å². The van der Waals surface area contributed by atoms with Gasteiger partial charge in [0.2, 0.25) is 5.95 Å². The quantitative estimate of drug-likeness (QED) is 0.899. The highest BCUT2D eigenvalue weighted by Crippen LogP contribution is 2.35. The summed E-state index contributed by atoms with van der Waals surface area (Å²) in [5.74, 6) is 1.35. The van der Waals surface area contributed by atoms with Crippen LogP contribution in [0.5, 0.6) is 0 Å². The maximum Gasteiger partial charge on any atom is 0.223 e. The van der Waals surface area contributed by atoms with Crippen molar-refractivity contribution in [1.82, 2.24) is 9.97 Å². The summed E-state index contributed by atoms with van der Waals surface area (Å²) in [4.78, 5) is 9.06. The molecule has 0 radical (unpaired) electrons. The van der Waals surface area contributed by atoms with Crippen molar-refractivity contribution in [2.75, 3.05) is 31.7 Å². The van der Waals surface area contributed by atoms with Gasteiger partial charge in [-0.1, -0.05) is 6.42 Å². The Hall–Kier alpha value is -1.20. The number of nitrogens with zero attached hydrogens (tertiary/aromatic N) is 2. The van der Waals surface area contributed by atoms with E-state index in [0.717, 1.165) is 11.6 Å². The molecule has 1 aromatic rings. The summed E-state index contributed by atoms with van der Waals surface area (Å²) in [7, 11) is 0. The molecule has 1 aliphatic heterocycles. The Balaban J connectivity index is 1.61. The Morgan fingerprint density at radius 3 is 2.89 bits per heavy atom. The van der Waals surface area contributed by atoms with Crippen molar-refractivity contribution in [3.63, 3.8) is 0 Å². The van der Waals surface area contributed by atoms with Gasteiger partial charge in [-0.25, -0.2) is 9.97 Å². The SMILES string of the molecule is Cc1cc(C2CCC2)nc(NC[C@H]2COCCO2)n1. The third-order valence-corrected chi connectivity index (χ3v) is 3.77. The van der Waals surface area contributed by atoms with Crippen LogP contribution in [0.3, 0.4) is 0 Å². The van der Waals surface area contributed by atoms with Gasteiger partial charge < -0.3 is 14.8 Å². The molecule has 5 nitrogen and oxygen atoms in total. The monoisotopic (exact) mass is 263 g/mol. The number of hydrogen-bond donors (Lipinski definition) is 1. The molecular weight excluding hydrogens is 242 g/mol. The van der Waals surface area contributed by atoms with Crippen molar-refractivity contribution in [3.8, 4) is 0 Å². The van der Waals surface area contributed by atoms with Gasteiger partial charge in [0, 0.05) is 23.9 Å². The minimum absolute atomic E-state index is 0.102. The molecule has 2 fully saturated rings. The van der Waals surface area contributed by atoms with E-state index in [1.165, 1.54) is 25.0 Å². The molecule has 1 aromatic heterocycles. The minimum atomic E-state index is 0.102. The first-order valence-electron chi connectivity index (χ1n) is 7.10. The number of nitrogens with one attached hydrogen (secondary N) is 1. The van der Waals surface area contributed by atoms with Gasteiger partial charge in [0.1, 0.15) is 0 Å². The predicted molar refractivity (Wildman–Crippen MR) is 72.4 cm³/mol. The topological polar surface area (TPSA) is 56.3 Å². The zero-order valence-electron chi connectivity index (χ0n) is 11.4. The summed E-state index contributed by atoms with van der Waals surface area (Å²) >= 11 is 0. The van der Waals surface area contributed by atoms with Crippen LogP contribution in [0.4, 0.5) is 5.95 Å². The molecule has 1 aliphatic carbocycles. The Morgan fingerprint density at radius 1 is 1.32 bits per heavy atom. The van der Waals surface area contributed by atoms with E-state index in [1.807, 2.05) is 6.92 Å². The summed E-state index contributed by atoms with van der Waals surface area (Å²) in [5, 5.41) is 3.27. The molecule has 0 unspecified atom stereocenters. The van der Waals surface area contributed by atoms with Crippen LogP contribution in [0.1, 0.15) is 36.6 Å². The molecule has 0 bridgehead atoms. The summed E-state index contributed by atoms with van der Waals surface area (Å²) in [6.45, 7) is 4.74. The molecular formula is C14H21N3O2. The molecule has 2 aliphatic rings. The molecule has 1 atom stereocenters. The van der Waals surface area contributed by atoms with E-state index in [-0.39, 0.29) is 6.10 Å². The van der Waals surface area contributed by atoms with Crippen molar-refractivity contribution in [2.24, 2.45) is 0 Å². The van der Waals surface area contributed by atoms with Crippen LogP contribution in [-0.2, 0) is 9.47 Å². The van der Waals surface area contributed by atoms with E-state index < -0.39 is 0 Å². The van der Waals surface area contributed by atoms with Crippen LogP contribution in [0.15, 0.2) is 6.07 Å². The van der Waals surface area contributed by atoms with E-state index >= 15 is 0 Å². The van der Waals surface area contributed by atoms with Crippen LogP contribution < -0.4 is 5.32 Å². The Labute approximate surface area is 113 Å². The van der Waals surface area contributed by atoms with Gasteiger partial charge in [-0.05, 0) is 25.8 Å². The van der Waals surface area contributed by atoms with Crippen LogP contribution in [0, 0.1) is 6.92 Å². The van der Waals surface area contributed by atoms with Gasteiger partial charge in [-0.2, -0.15) is 0 Å². The lowest BCUT2D eigenvalue weighted by Gasteiger charge is -2.26. The molecule has 2 heterocycles. The molecule has 3 rings (SSSR count). The summed E-state index contributed by atoms with van der Waals surface area (Å²) in [6.07, 6.45) is 3.94. The van der Waals surface area contributed by atoms with Crippen molar-refractivity contribution >= 4 is 5.95 Å². The number of aryl methyl sites for hydroxylation is 1. The second kappa shape index (κ2) is 5.84. The zero-order chi connectivity index (χ0) is 13.1. The normalized spacial score (nSPS) is 23.9. The highest BCUT2D eigenvalue weighted by molar-refractivity contribution is 5.30. The lowest BCUT2D eigenvalue weighted by Crippen LogP contribution is -2.34. The van der Waals surface area contributed by atoms with E-state index in [4.69, 9.17) is 9.47 Å². The molecule has 104 valence electrons. The first-order valence-corrected chi connectivity index (χ1v) is 7.10. The molecule has 5 heteroatoms. The fraction of sp³-hybridized carbons (Fsp3) is 0.714. The third-order valence-electron chi connectivity index (χ3n) is 3.77. The van der Waals surface area contributed by atoms with Crippen molar-refractivity contribution < 1.29 is 9.47 Å². The van der Waals surface area contributed by atoms with Crippen LogP contribution in [-0.4, -0.2) is 42.4 Å². The lowest BCUT2D eigenvalue weighted by atomic mass is 9.83. The molecule has 0 spiro atoms. The molecule has 0 aromatic carbocycles. The van der Waals surface area contributed by atoms with Crippen LogP contribution in [0.25, 0.3) is 0 Å². The van der Waals surface area contributed by atoms with Crippen LogP contribution in [0.2, 0.25) is 0 Å². The number of hydrogen-bond acceptors (Lipinski definition) is 5. The minimum Gasteiger partial charge on any atom is -0.376 e. The molecule has 19 heavy (non-hydrogen) atoms. The van der Waals surface area contributed by atoms with Gasteiger partial charge in [-0.3, -0.25) is 0 Å². The van der Waals surface area contributed by atoms with Crippen molar-refractivity contribution in [2.45, 2.75) is 38.2 Å². The van der Waals surface area contributed by atoms with Crippen molar-refractivity contribution in [3.05, 3.63) is 17.5 Å². The van der Waals surface area contributed by atoms with E-state index in [2.05, 4.69) is 21.4 Å². The zero-order valence-corrected chi connectivity index (χ0v) is 11.4. The smallest absolute Gasteiger partial charge is 0.223 e. The fourth-order valence-corrected chi connectivity index (χ4v) is 2.44. The second-order valence-electron chi connectivity index (χ2n) is 5.33. The highest BCUT2D eigenvalue weighted by atomic mass is 16.6. The predicted octanol–water partition coefficient (Wildman–Crippen LogP) is 1.88. The average Bonchev–Trinajstić information content (AvgIpc) is 2.35. The molecule has 1 saturated heterocycles. The Morgan fingerprint density at radius 2 is 2.21 bits per heavy atom. The summed E-state index contributed by atoms with van der Waals surface area (Å²) in [6, 6.07) is 2.11. The first-order chi connectivity index (χ1) is 9.31. The molecule has 0 amide bonds. The largest absolute Gasteiger partial charge is 0.376 e. The summed E-state index contributed by atoms with van der Waals surface area (Å²) < 4.78 is 11.0. The maximum absolute atomic E-state index is 5.60. The summed E-state index contributed by atoms with van der Waals surface area (Å²) in [5.41, 5.74) is 2.21. The number of ether oxygens (including phenoxy) is 2. The maximum atomic E-state index is 5.60. The highest BCUT2D eigenvalue weighted by Gasteiger charge is 2.22. The number of anilines is 1. The van der Waals surface area contributed by atoms with Gasteiger partial charge >= 0.3 is 0 Å². The number of rotatable bonds is 4. The fourth-order valence-electron chi connectivity index (χ4n) is 2.44. The van der Waals surface area contributed by atoms with Gasteiger partial charge in [-0.15, -0.1) is 0 Å². The third kappa shape index (κ3) is 3.22. The van der Waals surface area contributed by atoms with Gasteiger partial charge in [0.25, 0.3) is 0 Å². The van der Waals surface area contributed by atoms with E-state index in [1.54, 1.807) is 0 Å². The van der Waals surface area contributed by atoms with Gasteiger partial charge in [0.05, 0.1) is 25.9 Å². The Bertz CT molecular complexity index is 429. The van der Waals surface area contributed by atoms with E-state index in [0.29, 0.717) is 32.3 Å². The van der Waals surface area contributed by atoms with Crippen molar-refractivity contribution in [1.29, 1.82) is 0 Å². The standard InChI is InChI=1S/C14H21N3O2/c1-10-7-13(11-3-2-4-11)17-14(16-10)15-8-12-9-18-5-6-19-12/h7,11-12H,2-6,8-9H2,1H3,(H,15,16,17)/t12-/m0/s1. The number of aromatic nitrogens is 2. The first kappa shape index (κ1) is 12.8.